The van der Waals surface area contributed by atoms with Crippen molar-refractivity contribution in [1.82, 2.24) is 15.1 Å². The number of rotatable bonds is 2. The van der Waals surface area contributed by atoms with E-state index in [0.717, 1.165) is 24.3 Å². The molecule has 1 aliphatic rings. The minimum Gasteiger partial charge on any atom is -0.398 e. The quantitative estimate of drug-likeness (QED) is 0.830. The van der Waals surface area contributed by atoms with Crippen LogP contribution >= 0.6 is 0 Å². The lowest BCUT2D eigenvalue weighted by atomic mass is 9.85. The first-order valence-electron chi connectivity index (χ1n) is 5.38. The van der Waals surface area contributed by atoms with E-state index in [2.05, 4.69) is 15.1 Å². The zero-order chi connectivity index (χ0) is 11.0. The van der Waals surface area contributed by atoms with Gasteiger partial charge in [0.25, 0.3) is 0 Å². The van der Waals surface area contributed by atoms with Crippen LogP contribution in [0.3, 0.4) is 0 Å². The summed E-state index contributed by atoms with van der Waals surface area (Å²) in [5.41, 5.74) is 7.18. The first-order chi connectivity index (χ1) is 7.84. The van der Waals surface area contributed by atoms with E-state index in [1.54, 1.807) is 18.5 Å². The lowest BCUT2D eigenvalue weighted by Crippen LogP contribution is -2.08. The van der Waals surface area contributed by atoms with E-state index in [-0.39, 0.29) is 0 Å². The zero-order valence-corrected chi connectivity index (χ0v) is 8.76. The summed E-state index contributed by atoms with van der Waals surface area (Å²) in [6.07, 6.45) is 6.84. The third-order valence-corrected chi connectivity index (χ3v) is 2.99. The first kappa shape index (κ1) is 9.33. The summed E-state index contributed by atoms with van der Waals surface area (Å²) < 4.78 is 5.23. The fourth-order valence-corrected chi connectivity index (χ4v) is 1.76. The highest BCUT2D eigenvalue weighted by Crippen LogP contribution is 2.36. The Hall–Kier alpha value is -1.91. The fourth-order valence-electron chi connectivity index (χ4n) is 1.76. The van der Waals surface area contributed by atoms with Gasteiger partial charge in [-0.3, -0.25) is 4.98 Å². The van der Waals surface area contributed by atoms with Gasteiger partial charge in [-0.05, 0) is 18.9 Å². The number of aromatic nitrogens is 3. The Morgan fingerprint density at radius 3 is 2.94 bits per heavy atom. The second-order valence-electron chi connectivity index (χ2n) is 4.05. The van der Waals surface area contributed by atoms with Crippen LogP contribution in [0.5, 0.6) is 0 Å². The Morgan fingerprint density at radius 2 is 2.25 bits per heavy atom. The van der Waals surface area contributed by atoms with Crippen LogP contribution in [0.25, 0.3) is 11.4 Å². The summed E-state index contributed by atoms with van der Waals surface area (Å²) in [7, 11) is 0. The van der Waals surface area contributed by atoms with Crippen molar-refractivity contribution >= 4 is 5.69 Å². The normalized spacial score (nSPS) is 16.0. The molecule has 0 bridgehead atoms. The first-order valence-corrected chi connectivity index (χ1v) is 5.38. The maximum absolute atomic E-state index is 5.82. The van der Waals surface area contributed by atoms with E-state index in [0.29, 0.717) is 17.4 Å². The summed E-state index contributed by atoms with van der Waals surface area (Å²) in [5.74, 6) is 1.70. The van der Waals surface area contributed by atoms with Gasteiger partial charge in [-0.25, -0.2) is 0 Å². The molecule has 82 valence electrons. The fraction of sp³-hybridized carbons (Fsp3) is 0.364. The second-order valence-corrected chi connectivity index (χ2v) is 4.05. The van der Waals surface area contributed by atoms with Gasteiger partial charge in [0, 0.05) is 24.0 Å². The maximum Gasteiger partial charge on any atom is 0.230 e. The number of pyridine rings is 1. The summed E-state index contributed by atoms with van der Waals surface area (Å²) in [4.78, 5) is 8.37. The summed E-state index contributed by atoms with van der Waals surface area (Å²) >= 11 is 0. The molecular formula is C11H12N4O. The van der Waals surface area contributed by atoms with E-state index >= 15 is 0 Å². The van der Waals surface area contributed by atoms with E-state index in [1.165, 1.54) is 6.42 Å². The number of nitrogens with two attached hydrogens (primary N) is 1. The van der Waals surface area contributed by atoms with Crippen molar-refractivity contribution in [3.05, 3.63) is 24.4 Å². The number of anilines is 1. The SMILES string of the molecule is Nc1ccncc1-c1noc(C2CCC2)n1. The van der Waals surface area contributed by atoms with Crippen molar-refractivity contribution in [3.63, 3.8) is 0 Å². The van der Waals surface area contributed by atoms with Gasteiger partial charge in [0.15, 0.2) is 0 Å². The van der Waals surface area contributed by atoms with Crippen molar-refractivity contribution in [2.24, 2.45) is 0 Å². The van der Waals surface area contributed by atoms with Crippen LogP contribution in [0.4, 0.5) is 5.69 Å². The van der Waals surface area contributed by atoms with E-state index in [4.69, 9.17) is 10.3 Å². The Balaban J connectivity index is 1.95. The minimum atomic E-state index is 0.444. The largest absolute Gasteiger partial charge is 0.398 e. The van der Waals surface area contributed by atoms with Gasteiger partial charge in [-0.2, -0.15) is 4.98 Å². The summed E-state index contributed by atoms with van der Waals surface area (Å²) in [6.45, 7) is 0. The highest BCUT2D eigenvalue weighted by atomic mass is 16.5. The smallest absolute Gasteiger partial charge is 0.230 e. The molecule has 1 aliphatic carbocycles. The molecule has 16 heavy (non-hydrogen) atoms. The predicted molar refractivity (Wildman–Crippen MR) is 58.5 cm³/mol. The molecule has 1 saturated carbocycles. The monoisotopic (exact) mass is 216 g/mol. The van der Waals surface area contributed by atoms with Crippen LogP contribution in [0.15, 0.2) is 23.0 Å². The molecule has 2 heterocycles. The molecular weight excluding hydrogens is 204 g/mol. The third kappa shape index (κ3) is 1.44. The standard InChI is InChI=1S/C11H12N4O/c12-9-4-5-13-6-8(9)10-14-11(16-15-10)7-2-1-3-7/h4-7H,1-3H2,(H2,12,13). The zero-order valence-electron chi connectivity index (χ0n) is 8.76. The van der Waals surface area contributed by atoms with Crippen LogP contribution in [0, 0.1) is 0 Å². The molecule has 0 aromatic carbocycles. The van der Waals surface area contributed by atoms with E-state index in [1.807, 2.05) is 0 Å². The van der Waals surface area contributed by atoms with Gasteiger partial charge in [0.05, 0.1) is 5.56 Å². The highest BCUT2D eigenvalue weighted by Gasteiger charge is 2.25. The molecule has 5 nitrogen and oxygen atoms in total. The summed E-state index contributed by atoms with van der Waals surface area (Å²) in [5, 5.41) is 3.94. The van der Waals surface area contributed by atoms with E-state index < -0.39 is 0 Å². The lowest BCUT2D eigenvalue weighted by Gasteiger charge is -2.20. The van der Waals surface area contributed by atoms with Gasteiger partial charge in [-0.15, -0.1) is 0 Å². The van der Waals surface area contributed by atoms with Crippen LogP contribution < -0.4 is 5.73 Å². The molecule has 0 spiro atoms. The lowest BCUT2D eigenvalue weighted by molar-refractivity contribution is 0.292. The average molecular weight is 216 g/mol. The molecule has 0 unspecified atom stereocenters. The van der Waals surface area contributed by atoms with Gasteiger partial charge in [-0.1, -0.05) is 11.6 Å². The number of nitrogen functional groups attached to an aromatic ring is 1. The van der Waals surface area contributed by atoms with Gasteiger partial charge in [0.2, 0.25) is 11.7 Å². The molecule has 2 N–H and O–H groups in total. The van der Waals surface area contributed by atoms with Gasteiger partial charge >= 0.3 is 0 Å². The predicted octanol–water partition coefficient (Wildman–Crippen LogP) is 1.98. The molecule has 0 radical (unpaired) electrons. The van der Waals surface area contributed by atoms with Crippen LogP contribution in [0.2, 0.25) is 0 Å². The Labute approximate surface area is 92.7 Å². The van der Waals surface area contributed by atoms with Crippen LogP contribution in [-0.2, 0) is 0 Å². The molecule has 0 saturated heterocycles. The van der Waals surface area contributed by atoms with Gasteiger partial charge in [0.1, 0.15) is 0 Å². The molecule has 0 amide bonds. The average Bonchev–Trinajstić information content (AvgIpc) is 2.65. The molecule has 0 atom stereocenters. The van der Waals surface area contributed by atoms with Crippen LogP contribution in [0.1, 0.15) is 31.1 Å². The molecule has 1 fully saturated rings. The molecule has 3 rings (SSSR count). The van der Waals surface area contributed by atoms with Crippen molar-refractivity contribution in [1.29, 1.82) is 0 Å². The molecule has 0 aliphatic heterocycles. The topological polar surface area (TPSA) is 77.8 Å². The van der Waals surface area contributed by atoms with Crippen molar-refractivity contribution in [2.45, 2.75) is 25.2 Å². The number of nitrogens with zero attached hydrogens (tertiary/aromatic N) is 3. The van der Waals surface area contributed by atoms with Crippen molar-refractivity contribution < 1.29 is 4.52 Å². The number of hydrogen-bond donors (Lipinski definition) is 1. The third-order valence-electron chi connectivity index (χ3n) is 2.99. The molecule has 2 aromatic heterocycles. The maximum atomic E-state index is 5.82. The van der Waals surface area contributed by atoms with E-state index in [9.17, 15) is 0 Å². The summed E-state index contributed by atoms with van der Waals surface area (Å²) in [6, 6.07) is 1.73. The number of hydrogen-bond acceptors (Lipinski definition) is 5. The highest BCUT2D eigenvalue weighted by molar-refractivity contribution is 5.69. The molecule has 5 heteroatoms. The molecule has 2 aromatic rings. The second kappa shape index (κ2) is 3.59. The minimum absolute atomic E-state index is 0.444. The Morgan fingerprint density at radius 1 is 1.38 bits per heavy atom. The van der Waals surface area contributed by atoms with Crippen LogP contribution in [-0.4, -0.2) is 15.1 Å². The Kier molecular flexibility index (Phi) is 2.09. The van der Waals surface area contributed by atoms with Crippen molar-refractivity contribution in [3.8, 4) is 11.4 Å². The Bertz CT molecular complexity index is 504. The van der Waals surface area contributed by atoms with Crippen molar-refractivity contribution in [2.75, 3.05) is 5.73 Å². The van der Waals surface area contributed by atoms with Gasteiger partial charge < -0.3 is 10.3 Å².